The van der Waals surface area contributed by atoms with Gasteiger partial charge < -0.3 is 10.4 Å². The van der Waals surface area contributed by atoms with Gasteiger partial charge in [0, 0.05) is 6.26 Å². The van der Waals surface area contributed by atoms with Crippen LogP contribution in [0, 0.1) is 0 Å². The van der Waals surface area contributed by atoms with Gasteiger partial charge in [0.15, 0.2) is 0 Å². The number of hydrogen-bond donors (Lipinski definition) is 2. The van der Waals surface area contributed by atoms with Crippen LogP contribution in [-0.2, 0) is 19.4 Å². The van der Waals surface area contributed by atoms with E-state index < -0.39 is 33.7 Å². The highest BCUT2D eigenvalue weighted by Gasteiger charge is 2.24. The van der Waals surface area contributed by atoms with Gasteiger partial charge >= 0.3 is 5.97 Å². The van der Waals surface area contributed by atoms with Crippen molar-refractivity contribution in [1.82, 2.24) is 5.32 Å². The van der Waals surface area contributed by atoms with Crippen LogP contribution >= 0.6 is 0 Å². The van der Waals surface area contributed by atoms with Gasteiger partial charge in [-0.25, -0.2) is 13.2 Å². The van der Waals surface area contributed by atoms with Crippen molar-refractivity contribution in [3.05, 3.63) is 35.9 Å². The van der Waals surface area contributed by atoms with Crippen LogP contribution in [-0.4, -0.2) is 43.5 Å². The van der Waals surface area contributed by atoms with E-state index in [1.54, 1.807) is 31.2 Å². The van der Waals surface area contributed by atoms with Crippen LogP contribution in [0.5, 0.6) is 0 Å². The van der Waals surface area contributed by atoms with Crippen molar-refractivity contribution in [1.29, 1.82) is 0 Å². The van der Waals surface area contributed by atoms with Crippen molar-refractivity contribution >= 4 is 21.7 Å². The van der Waals surface area contributed by atoms with Crippen LogP contribution in [0.4, 0.5) is 0 Å². The smallest absolute Gasteiger partial charge is 0.326 e. The quantitative estimate of drug-likeness (QED) is 0.775. The highest BCUT2D eigenvalue weighted by atomic mass is 32.2. The average Bonchev–Trinajstić information content (AvgIpc) is 2.42. The molecule has 0 aromatic heterocycles. The minimum absolute atomic E-state index is 0.151. The van der Waals surface area contributed by atoms with E-state index in [0.29, 0.717) is 0 Å². The van der Waals surface area contributed by atoms with Crippen molar-refractivity contribution in [2.24, 2.45) is 0 Å². The monoisotopic (exact) mass is 313 g/mol. The predicted molar refractivity (Wildman–Crippen MR) is 78.8 cm³/mol. The van der Waals surface area contributed by atoms with Gasteiger partial charge in [0.05, 0.1) is 11.7 Å². The Bertz CT molecular complexity index is 597. The normalized spacial score (nSPS) is 14.2. The molecule has 7 heteroatoms. The number of nitrogens with one attached hydrogen (secondary N) is 1. The fourth-order valence-corrected chi connectivity index (χ4v) is 2.44. The Kier molecular flexibility index (Phi) is 5.90. The van der Waals surface area contributed by atoms with E-state index in [1.807, 2.05) is 6.07 Å². The second kappa shape index (κ2) is 7.21. The highest BCUT2D eigenvalue weighted by Crippen LogP contribution is 2.15. The van der Waals surface area contributed by atoms with Gasteiger partial charge in [-0.05, 0) is 18.9 Å². The first kappa shape index (κ1) is 17.2. The van der Waals surface area contributed by atoms with Crippen LogP contribution < -0.4 is 5.32 Å². The predicted octanol–water partition coefficient (Wildman–Crippen LogP) is 0.794. The Morgan fingerprint density at radius 1 is 1.24 bits per heavy atom. The summed E-state index contributed by atoms with van der Waals surface area (Å²) in [5.74, 6) is -2.48. The number of carbonyl (C=O) groups excluding carboxylic acids is 1. The van der Waals surface area contributed by atoms with Gasteiger partial charge in [0.25, 0.3) is 0 Å². The van der Waals surface area contributed by atoms with E-state index in [0.717, 1.165) is 11.8 Å². The zero-order valence-electron chi connectivity index (χ0n) is 11.9. The summed E-state index contributed by atoms with van der Waals surface area (Å²) in [6.07, 6.45) is 0.877. The molecule has 0 aliphatic rings. The lowest BCUT2D eigenvalue weighted by Crippen LogP contribution is -2.43. The zero-order chi connectivity index (χ0) is 16.0. The lowest BCUT2D eigenvalue weighted by molar-refractivity contribution is -0.142. The molecular formula is C14H19NO5S. The summed E-state index contributed by atoms with van der Waals surface area (Å²) in [6, 6.07) is 7.74. The van der Waals surface area contributed by atoms with E-state index in [1.165, 1.54) is 0 Å². The first-order chi connectivity index (χ1) is 9.70. The first-order valence-corrected chi connectivity index (χ1v) is 8.52. The van der Waals surface area contributed by atoms with Crippen molar-refractivity contribution in [2.75, 3.05) is 12.0 Å². The molecule has 0 heterocycles. The van der Waals surface area contributed by atoms with E-state index in [4.69, 9.17) is 5.11 Å². The Morgan fingerprint density at radius 2 is 1.81 bits per heavy atom. The molecule has 0 radical (unpaired) electrons. The fourth-order valence-electron chi connectivity index (χ4n) is 1.78. The maximum absolute atomic E-state index is 12.1. The molecule has 1 aromatic carbocycles. The Morgan fingerprint density at radius 3 is 2.29 bits per heavy atom. The molecule has 2 N–H and O–H groups in total. The minimum Gasteiger partial charge on any atom is -0.480 e. The molecule has 1 aromatic rings. The summed E-state index contributed by atoms with van der Waals surface area (Å²) in [5.41, 5.74) is 0.766. The number of carboxylic acid groups (broad SMARTS) is 1. The minimum atomic E-state index is -3.28. The molecule has 0 fully saturated rings. The second-order valence-electron chi connectivity index (χ2n) is 4.95. The Labute approximate surface area is 124 Å². The average molecular weight is 313 g/mol. The summed E-state index contributed by atoms with van der Waals surface area (Å²) in [6.45, 7) is 1.67. The van der Waals surface area contributed by atoms with Crippen LogP contribution in [0.3, 0.4) is 0 Å². The summed E-state index contributed by atoms with van der Waals surface area (Å²) >= 11 is 0. The van der Waals surface area contributed by atoms with Crippen molar-refractivity contribution in [3.63, 3.8) is 0 Å². The van der Waals surface area contributed by atoms with Crippen molar-refractivity contribution in [3.8, 4) is 0 Å². The van der Waals surface area contributed by atoms with Crippen LogP contribution in [0.25, 0.3) is 0 Å². The largest absolute Gasteiger partial charge is 0.480 e. The Balaban J connectivity index is 2.71. The summed E-state index contributed by atoms with van der Waals surface area (Å²) in [4.78, 5) is 23.2. The van der Waals surface area contributed by atoms with Crippen LogP contribution in [0.1, 0.15) is 24.8 Å². The van der Waals surface area contributed by atoms with Gasteiger partial charge in [0.1, 0.15) is 15.9 Å². The first-order valence-electron chi connectivity index (χ1n) is 6.46. The standard InChI is InChI=1S/C14H19NO5S/c1-10(11-6-4-3-5-7-11)13(16)15-12(14(17)18)8-9-21(2,19)20/h3-7,10,12H,8-9H2,1-2H3,(H,15,16)(H,17,18). The number of sulfone groups is 1. The number of aliphatic carboxylic acids is 1. The second-order valence-corrected chi connectivity index (χ2v) is 7.21. The molecule has 0 saturated heterocycles. The summed E-state index contributed by atoms with van der Waals surface area (Å²) in [5, 5.41) is 11.4. The Hall–Kier alpha value is -1.89. The molecule has 0 bridgehead atoms. The molecule has 6 nitrogen and oxygen atoms in total. The molecule has 2 unspecified atom stereocenters. The fraction of sp³-hybridized carbons (Fsp3) is 0.429. The molecule has 2 atom stereocenters. The van der Waals surface area contributed by atoms with Crippen molar-refractivity contribution < 1.29 is 23.1 Å². The molecule has 0 aliphatic carbocycles. The number of amides is 1. The molecule has 21 heavy (non-hydrogen) atoms. The molecule has 116 valence electrons. The SMILES string of the molecule is CC(C(=O)NC(CCS(C)(=O)=O)C(=O)O)c1ccccc1. The molecular weight excluding hydrogens is 294 g/mol. The maximum Gasteiger partial charge on any atom is 0.326 e. The zero-order valence-corrected chi connectivity index (χ0v) is 12.8. The number of carbonyl (C=O) groups is 2. The van der Waals surface area contributed by atoms with Gasteiger partial charge in [-0.1, -0.05) is 30.3 Å². The third-order valence-electron chi connectivity index (χ3n) is 3.08. The summed E-state index contributed by atoms with van der Waals surface area (Å²) < 4.78 is 22.2. The molecule has 0 spiro atoms. The van der Waals surface area contributed by atoms with E-state index in [9.17, 15) is 18.0 Å². The number of benzene rings is 1. The van der Waals surface area contributed by atoms with Crippen molar-refractivity contribution in [2.45, 2.75) is 25.3 Å². The summed E-state index contributed by atoms with van der Waals surface area (Å²) in [7, 11) is -3.28. The van der Waals surface area contributed by atoms with E-state index >= 15 is 0 Å². The number of hydrogen-bond acceptors (Lipinski definition) is 4. The number of rotatable bonds is 7. The third kappa shape index (κ3) is 5.95. The lowest BCUT2D eigenvalue weighted by Gasteiger charge is -2.17. The van der Waals surface area contributed by atoms with E-state index in [-0.39, 0.29) is 12.2 Å². The van der Waals surface area contributed by atoms with E-state index in [2.05, 4.69) is 5.32 Å². The van der Waals surface area contributed by atoms with Crippen LogP contribution in [0.2, 0.25) is 0 Å². The van der Waals surface area contributed by atoms with Gasteiger partial charge in [-0.3, -0.25) is 4.79 Å². The van der Waals surface area contributed by atoms with Gasteiger partial charge in [0.2, 0.25) is 5.91 Å². The van der Waals surface area contributed by atoms with Gasteiger partial charge in [-0.15, -0.1) is 0 Å². The highest BCUT2D eigenvalue weighted by molar-refractivity contribution is 7.90. The maximum atomic E-state index is 12.1. The molecule has 0 aliphatic heterocycles. The number of carboxylic acids is 1. The lowest BCUT2D eigenvalue weighted by atomic mass is 10.00. The molecule has 1 amide bonds. The van der Waals surface area contributed by atoms with Gasteiger partial charge in [-0.2, -0.15) is 0 Å². The van der Waals surface area contributed by atoms with Crippen LogP contribution in [0.15, 0.2) is 30.3 Å². The molecule has 0 saturated carbocycles. The topological polar surface area (TPSA) is 101 Å². The molecule has 1 rings (SSSR count). The third-order valence-corrected chi connectivity index (χ3v) is 4.06.